The maximum absolute atomic E-state index is 11.7. The van der Waals surface area contributed by atoms with Crippen LogP contribution in [-0.2, 0) is 9.59 Å². The van der Waals surface area contributed by atoms with Gasteiger partial charge >= 0.3 is 0 Å². The molecule has 0 saturated carbocycles. The van der Waals surface area contributed by atoms with Crippen LogP contribution in [0.25, 0.3) is 0 Å². The zero-order valence-electron chi connectivity index (χ0n) is 10.1. The lowest BCUT2D eigenvalue weighted by atomic mass is 10.2. The van der Waals surface area contributed by atoms with Crippen LogP contribution in [0.4, 0.5) is 5.69 Å². The van der Waals surface area contributed by atoms with Crippen molar-refractivity contribution in [2.45, 2.75) is 12.5 Å². The summed E-state index contributed by atoms with van der Waals surface area (Å²) in [6.07, 6.45) is -0.241. The van der Waals surface area contributed by atoms with Crippen molar-refractivity contribution in [3.8, 4) is 0 Å². The van der Waals surface area contributed by atoms with Gasteiger partial charge < -0.3 is 25.6 Å². The van der Waals surface area contributed by atoms with Gasteiger partial charge in [-0.3, -0.25) is 4.79 Å². The van der Waals surface area contributed by atoms with Crippen molar-refractivity contribution < 1.29 is 25.1 Å². The minimum absolute atomic E-state index is 0.167. The Morgan fingerprint density at radius 2 is 2.21 bits per heavy atom. The normalized spacial score (nSPS) is 11.9. The van der Waals surface area contributed by atoms with Crippen molar-refractivity contribution in [3.05, 3.63) is 29.3 Å². The number of carboxylic acid groups (broad SMARTS) is 1. The maximum atomic E-state index is 11.7. The Morgan fingerprint density at radius 3 is 2.79 bits per heavy atom. The van der Waals surface area contributed by atoms with E-state index < -0.39 is 17.9 Å². The minimum atomic E-state index is -1.34. The molecule has 4 N–H and O–H groups in total. The van der Waals surface area contributed by atoms with Crippen molar-refractivity contribution in [2.75, 3.05) is 18.5 Å². The third-order valence-corrected chi connectivity index (χ3v) is 2.63. The Labute approximate surface area is 115 Å². The average molecular weight is 287 g/mol. The van der Waals surface area contributed by atoms with Gasteiger partial charge in [-0.05, 0) is 18.2 Å². The Balaban J connectivity index is 2.55. The zero-order valence-corrected chi connectivity index (χ0v) is 10.9. The first kappa shape index (κ1) is 15.4. The molecular weight excluding hydrogens is 272 g/mol. The van der Waals surface area contributed by atoms with E-state index in [1.165, 1.54) is 5.32 Å². The SMILES string of the molecule is O=C(C[C@H]([NH2+]CCO)C(=O)[O-])Nc1cccc(Cl)c1. The van der Waals surface area contributed by atoms with Crippen LogP contribution < -0.4 is 15.7 Å². The molecule has 0 bridgehead atoms. The lowest BCUT2D eigenvalue weighted by Gasteiger charge is -2.15. The largest absolute Gasteiger partial charge is 0.544 e. The van der Waals surface area contributed by atoms with Gasteiger partial charge in [-0.2, -0.15) is 0 Å². The van der Waals surface area contributed by atoms with Crippen LogP contribution in [0.5, 0.6) is 0 Å². The molecule has 104 valence electrons. The number of aliphatic carboxylic acids is 1. The number of quaternary nitrogens is 1. The molecule has 0 aliphatic heterocycles. The molecule has 0 aliphatic carbocycles. The predicted molar refractivity (Wildman–Crippen MR) is 67.4 cm³/mol. The van der Waals surface area contributed by atoms with Crippen LogP contribution in [-0.4, -0.2) is 36.2 Å². The highest BCUT2D eigenvalue weighted by Crippen LogP contribution is 2.14. The van der Waals surface area contributed by atoms with Gasteiger partial charge in [0.25, 0.3) is 0 Å². The van der Waals surface area contributed by atoms with Crippen LogP contribution in [0.3, 0.4) is 0 Å². The molecule has 1 aromatic rings. The lowest BCUT2D eigenvalue weighted by Crippen LogP contribution is -2.94. The molecule has 0 aliphatic rings. The molecule has 1 aromatic carbocycles. The van der Waals surface area contributed by atoms with E-state index in [2.05, 4.69) is 5.32 Å². The standard InChI is InChI=1S/C12H15ClN2O4/c13-8-2-1-3-9(6-8)15-11(17)7-10(12(18)19)14-4-5-16/h1-3,6,10,14,16H,4-5,7H2,(H,15,17)(H,18,19)/t10-/m0/s1. The van der Waals surface area contributed by atoms with Crippen LogP contribution in [0.1, 0.15) is 6.42 Å². The number of hydrogen-bond donors (Lipinski definition) is 3. The number of carboxylic acids is 1. The molecule has 19 heavy (non-hydrogen) atoms. The summed E-state index contributed by atoms with van der Waals surface area (Å²) in [6.45, 7) is 0.0305. The number of nitrogens with one attached hydrogen (secondary N) is 1. The van der Waals surface area contributed by atoms with E-state index in [1.807, 2.05) is 0 Å². The van der Waals surface area contributed by atoms with E-state index in [1.54, 1.807) is 24.3 Å². The third-order valence-electron chi connectivity index (χ3n) is 2.40. The summed E-state index contributed by atoms with van der Waals surface area (Å²) in [5, 5.41) is 23.8. The molecule has 0 spiro atoms. The first-order chi connectivity index (χ1) is 9.02. The quantitative estimate of drug-likeness (QED) is 0.558. The van der Waals surface area contributed by atoms with E-state index in [-0.39, 0.29) is 19.6 Å². The smallest absolute Gasteiger partial charge is 0.230 e. The molecular formula is C12H15ClN2O4. The van der Waals surface area contributed by atoms with E-state index in [0.717, 1.165) is 0 Å². The van der Waals surface area contributed by atoms with Gasteiger partial charge in [0.15, 0.2) is 0 Å². The zero-order chi connectivity index (χ0) is 14.3. The van der Waals surface area contributed by atoms with Crippen LogP contribution in [0.2, 0.25) is 5.02 Å². The summed E-state index contributed by atoms with van der Waals surface area (Å²) in [5.74, 6) is -1.79. The Hall–Kier alpha value is -1.63. The van der Waals surface area contributed by atoms with Gasteiger partial charge in [-0.25, -0.2) is 0 Å². The van der Waals surface area contributed by atoms with Gasteiger partial charge in [-0.15, -0.1) is 0 Å². The first-order valence-electron chi connectivity index (χ1n) is 5.73. The van der Waals surface area contributed by atoms with E-state index >= 15 is 0 Å². The van der Waals surface area contributed by atoms with E-state index in [4.69, 9.17) is 16.7 Å². The molecule has 0 aromatic heterocycles. The highest BCUT2D eigenvalue weighted by molar-refractivity contribution is 6.30. The van der Waals surface area contributed by atoms with Crippen molar-refractivity contribution in [3.63, 3.8) is 0 Å². The summed E-state index contributed by atoms with van der Waals surface area (Å²) >= 11 is 5.76. The number of amides is 1. The second-order valence-electron chi connectivity index (χ2n) is 3.94. The molecule has 0 saturated heterocycles. The highest BCUT2D eigenvalue weighted by Gasteiger charge is 2.17. The third kappa shape index (κ3) is 5.69. The second-order valence-corrected chi connectivity index (χ2v) is 4.37. The minimum Gasteiger partial charge on any atom is -0.544 e. The Kier molecular flexibility index (Phi) is 6.27. The summed E-state index contributed by atoms with van der Waals surface area (Å²) in [5.41, 5.74) is 0.497. The van der Waals surface area contributed by atoms with Crippen molar-refractivity contribution in [2.24, 2.45) is 0 Å². The fraction of sp³-hybridized carbons (Fsp3) is 0.333. The molecule has 0 radical (unpaired) electrons. The van der Waals surface area contributed by atoms with Crippen molar-refractivity contribution in [1.82, 2.24) is 0 Å². The number of aliphatic hydroxyl groups is 1. The number of rotatable bonds is 7. The number of hydrogen-bond acceptors (Lipinski definition) is 4. The topological polar surface area (TPSA) is 106 Å². The molecule has 7 heteroatoms. The maximum Gasteiger partial charge on any atom is 0.230 e. The van der Waals surface area contributed by atoms with Gasteiger partial charge in [0, 0.05) is 10.7 Å². The molecule has 6 nitrogen and oxygen atoms in total. The number of anilines is 1. The predicted octanol–water partition coefficient (Wildman–Crippen LogP) is -1.66. The first-order valence-corrected chi connectivity index (χ1v) is 6.11. The molecule has 0 heterocycles. The number of carbonyl (C=O) groups excluding carboxylic acids is 2. The Bertz CT molecular complexity index is 453. The van der Waals surface area contributed by atoms with Crippen molar-refractivity contribution >= 4 is 29.2 Å². The Morgan fingerprint density at radius 1 is 1.47 bits per heavy atom. The van der Waals surface area contributed by atoms with Gasteiger partial charge in [0.2, 0.25) is 5.91 Å². The molecule has 0 fully saturated rings. The fourth-order valence-corrected chi connectivity index (χ4v) is 1.71. The number of halogens is 1. The number of benzene rings is 1. The second kappa shape index (κ2) is 7.73. The van der Waals surface area contributed by atoms with Crippen LogP contribution in [0, 0.1) is 0 Å². The van der Waals surface area contributed by atoms with Crippen LogP contribution >= 0.6 is 11.6 Å². The average Bonchev–Trinajstić information content (AvgIpc) is 2.34. The van der Waals surface area contributed by atoms with E-state index in [0.29, 0.717) is 10.7 Å². The number of nitrogens with two attached hydrogens (primary N) is 1. The van der Waals surface area contributed by atoms with Crippen LogP contribution in [0.15, 0.2) is 24.3 Å². The van der Waals surface area contributed by atoms with Gasteiger partial charge in [-0.1, -0.05) is 17.7 Å². The molecule has 1 atom stereocenters. The molecule has 1 rings (SSSR count). The van der Waals surface area contributed by atoms with E-state index in [9.17, 15) is 14.7 Å². The monoisotopic (exact) mass is 286 g/mol. The molecule has 0 unspecified atom stereocenters. The molecule has 1 amide bonds. The van der Waals surface area contributed by atoms with Gasteiger partial charge in [0.1, 0.15) is 6.04 Å². The van der Waals surface area contributed by atoms with Gasteiger partial charge in [0.05, 0.1) is 25.5 Å². The number of aliphatic hydroxyl groups excluding tert-OH is 1. The summed E-state index contributed by atoms with van der Waals surface area (Å²) in [6, 6.07) is 5.52. The number of carbonyl (C=O) groups is 2. The highest BCUT2D eigenvalue weighted by atomic mass is 35.5. The summed E-state index contributed by atoms with van der Waals surface area (Å²) < 4.78 is 0. The van der Waals surface area contributed by atoms with Crippen molar-refractivity contribution in [1.29, 1.82) is 0 Å². The lowest BCUT2D eigenvalue weighted by molar-refractivity contribution is -0.683. The summed E-state index contributed by atoms with van der Waals surface area (Å²) in [4.78, 5) is 22.5. The fourth-order valence-electron chi connectivity index (χ4n) is 1.52. The summed E-state index contributed by atoms with van der Waals surface area (Å²) in [7, 11) is 0.